The van der Waals surface area contributed by atoms with Crippen molar-refractivity contribution in [3.63, 3.8) is 0 Å². The molecular formula is C44H57BrN2O10. The maximum Gasteiger partial charge on any atom is 0.346 e. The lowest BCUT2D eigenvalue weighted by atomic mass is 9.50. The van der Waals surface area contributed by atoms with Crippen LogP contribution in [0.3, 0.4) is 0 Å². The van der Waals surface area contributed by atoms with E-state index in [-0.39, 0.29) is 65.4 Å². The number of hydrogen-bond donors (Lipinski definition) is 5. The molecule has 2 saturated heterocycles. The zero-order valence-electron chi connectivity index (χ0n) is 33.5. The van der Waals surface area contributed by atoms with Gasteiger partial charge >= 0.3 is 11.9 Å². The molecule has 13 atom stereocenters. The van der Waals surface area contributed by atoms with Crippen LogP contribution < -0.4 is 5.32 Å². The summed E-state index contributed by atoms with van der Waals surface area (Å²) in [5, 5.41) is 37.2. The molecule has 13 heteroatoms. The topological polar surface area (TPSA) is 184 Å². The Balaban J connectivity index is 1.22. The van der Waals surface area contributed by atoms with E-state index >= 15 is 4.79 Å². The Hall–Kier alpha value is -3.52. The van der Waals surface area contributed by atoms with Crippen LogP contribution in [0.25, 0.3) is 0 Å². The van der Waals surface area contributed by atoms with E-state index in [2.05, 4.69) is 45.3 Å². The number of aliphatic carboxylic acids is 1. The summed E-state index contributed by atoms with van der Waals surface area (Å²) in [6.07, 6.45) is 14.4. The normalized spacial score (nSPS) is 42.5. The molecule has 6 aliphatic rings. The summed E-state index contributed by atoms with van der Waals surface area (Å²) in [6, 6.07) is 1.06. The van der Waals surface area contributed by atoms with Gasteiger partial charge in [0.15, 0.2) is 11.9 Å². The summed E-state index contributed by atoms with van der Waals surface area (Å²) in [6.45, 7) is 9.56. The van der Waals surface area contributed by atoms with Gasteiger partial charge in [0.25, 0.3) is 5.91 Å². The molecule has 4 aliphatic carbocycles. The van der Waals surface area contributed by atoms with Gasteiger partial charge in [-0.25, -0.2) is 9.59 Å². The number of halogens is 1. The SMILES string of the molecule is CC[C@H]1C[C@]23OC(=O)/C(=C(/O)[C@]4(CC)[C@@H](C=C[C@H]5[C@@H](O[C@H]6C[C@@H](O)[C@H](NC(=O)c7[nH]ccc7Br)[C@@H](C)O6)[C@@H](C)CC[C@@H]54)CCCC/C=C/[C@@]2(C)C=C1C(=O)O)C3=O. The van der Waals surface area contributed by atoms with Crippen molar-refractivity contribution in [2.45, 2.75) is 135 Å². The number of allylic oxidation sites excluding steroid dienone is 3. The predicted octanol–water partition coefficient (Wildman–Crippen LogP) is 7.26. The Labute approximate surface area is 342 Å². The van der Waals surface area contributed by atoms with Crippen LogP contribution in [-0.4, -0.2) is 80.2 Å². The van der Waals surface area contributed by atoms with Gasteiger partial charge in [0, 0.05) is 40.4 Å². The van der Waals surface area contributed by atoms with Gasteiger partial charge in [-0.2, -0.15) is 0 Å². The van der Waals surface area contributed by atoms with Crippen LogP contribution >= 0.6 is 15.9 Å². The summed E-state index contributed by atoms with van der Waals surface area (Å²) < 4.78 is 20.0. The van der Waals surface area contributed by atoms with E-state index < -0.39 is 64.6 Å². The highest BCUT2D eigenvalue weighted by molar-refractivity contribution is 9.10. The lowest BCUT2D eigenvalue weighted by Crippen LogP contribution is -2.58. The number of aromatic amines is 1. The summed E-state index contributed by atoms with van der Waals surface area (Å²) in [5.74, 6) is -4.15. The average Bonchev–Trinajstić information content (AvgIpc) is 3.71. The van der Waals surface area contributed by atoms with Crippen molar-refractivity contribution in [2.75, 3.05) is 0 Å². The van der Waals surface area contributed by atoms with E-state index in [0.29, 0.717) is 29.4 Å². The number of Topliss-reactive ketones (excluding diaryl/α,β-unsaturated/α-hetero) is 1. The number of amides is 1. The van der Waals surface area contributed by atoms with Crippen molar-refractivity contribution < 1.29 is 48.7 Å². The average molecular weight is 854 g/mol. The molecule has 3 fully saturated rings. The lowest BCUT2D eigenvalue weighted by molar-refractivity contribution is -0.258. The third kappa shape index (κ3) is 6.87. The summed E-state index contributed by atoms with van der Waals surface area (Å²) >= 11 is 3.37. The van der Waals surface area contributed by atoms with Crippen LogP contribution in [0.2, 0.25) is 0 Å². The molecule has 5 N–H and O–H groups in total. The number of rotatable bonds is 7. The zero-order chi connectivity index (χ0) is 41.0. The van der Waals surface area contributed by atoms with Crippen molar-refractivity contribution in [2.24, 2.45) is 40.4 Å². The van der Waals surface area contributed by atoms with E-state index in [9.17, 15) is 29.7 Å². The van der Waals surface area contributed by atoms with Crippen LogP contribution in [0.5, 0.6) is 0 Å². The molecule has 1 saturated carbocycles. The Bertz CT molecular complexity index is 1890. The van der Waals surface area contributed by atoms with Gasteiger partial charge in [0.1, 0.15) is 17.0 Å². The predicted molar refractivity (Wildman–Crippen MR) is 214 cm³/mol. The number of ether oxygens (including phenoxy) is 3. The molecule has 1 aromatic heterocycles. The molecule has 2 aliphatic heterocycles. The van der Waals surface area contributed by atoms with Crippen LogP contribution in [0.15, 0.2) is 64.0 Å². The number of carboxylic acid groups (broad SMARTS) is 1. The van der Waals surface area contributed by atoms with Gasteiger partial charge in [0.05, 0.1) is 29.8 Å². The number of carbonyl (C=O) groups is 4. The molecule has 2 bridgehead atoms. The second-order valence-electron chi connectivity index (χ2n) is 17.5. The minimum absolute atomic E-state index is 0.00543. The Morgan fingerprint density at radius 3 is 2.56 bits per heavy atom. The molecule has 0 radical (unpaired) electrons. The second-order valence-corrected chi connectivity index (χ2v) is 18.3. The van der Waals surface area contributed by atoms with Crippen molar-refractivity contribution in [3.8, 4) is 0 Å². The van der Waals surface area contributed by atoms with E-state index in [1.807, 2.05) is 26.0 Å². The fourth-order valence-corrected chi connectivity index (χ4v) is 11.7. The monoisotopic (exact) mass is 852 g/mol. The molecule has 0 aromatic carbocycles. The molecule has 310 valence electrons. The molecule has 1 spiro atoms. The minimum atomic E-state index is -1.70. The molecule has 57 heavy (non-hydrogen) atoms. The molecule has 12 nitrogen and oxygen atoms in total. The van der Waals surface area contributed by atoms with E-state index in [1.54, 1.807) is 32.2 Å². The highest BCUT2D eigenvalue weighted by atomic mass is 79.9. The first-order valence-electron chi connectivity index (χ1n) is 20.8. The van der Waals surface area contributed by atoms with Gasteiger partial charge < -0.3 is 39.8 Å². The third-order valence-corrected chi connectivity index (χ3v) is 15.1. The highest BCUT2D eigenvalue weighted by Crippen LogP contribution is 2.61. The number of aliphatic hydroxyl groups excluding tert-OH is 2. The number of ketones is 1. The first-order valence-corrected chi connectivity index (χ1v) is 21.6. The molecular weight excluding hydrogens is 796 g/mol. The van der Waals surface area contributed by atoms with E-state index in [0.717, 1.165) is 32.1 Å². The number of nitrogens with one attached hydrogen (secondary N) is 2. The van der Waals surface area contributed by atoms with Gasteiger partial charge in [-0.1, -0.05) is 57.6 Å². The number of hydrogen-bond acceptors (Lipinski definition) is 9. The van der Waals surface area contributed by atoms with Crippen LogP contribution in [-0.2, 0) is 28.6 Å². The van der Waals surface area contributed by atoms with Crippen LogP contribution in [0, 0.1) is 40.4 Å². The Morgan fingerprint density at radius 1 is 1.12 bits per heavy atom. The Kier molecular flexibility index (Phi) is 11.6. The van der Waals surface area contributed by atoms with Crippen molar-refractivity contribution in [1.29, 1.82) is 0 Å². The molecule has 0 unspecified atom stereocenters. The van der Waals surface area contributed by atoms with Gasteiger partial charge in [-0.05, 0) is 104 Å². The third-order valence-electron chi connectivity index (χ3n) is 14.4. The van der Waals surface area contributed by atoms with Gasteiger partial charge in [-0.3, -0.25) is 9.59 Å². The van der Waals surface area contributed by atoms with Gasteiger partial charge in [-0.15, -0.1) is 0 Å². The molecule has 7 rings (SSSR count). The van der Waals surface area contributed by atoms with Gasteiger partial charge in [0.2, 0.25) is 5.78 Å². The van der Waals surface area contributed by atoms with Crippen molar-refractivity contribution in [3.05, 3.63) is 69.7 Å². The van der Waals surface area contributed by atoms with E-state index in [1.165, 1.54) is 0 Å². The lowest BCUT2D eigenvalue weighted by Gasteiger charge is -2.55. The Morgan fingerprint density at radius 2 is 1.89 bits per heavy atom. The zero-order valence-corrected chi connectivity index (χ0v) is 35.0. The maximum absolute atomic E-state index is 15.1. The number of H-pyrrole nitrogens is 1. The van der Waals surface area contributed by atoms with Crippen LogP contribution in [0.1, 0.15) is 109 Å². The number of carboxylic acids is 1. The first-order chi connectivity index (χ1) is 27.1. The second kappa shape index (κ2) is 15.9. The summed E-state index contributed by atoms with van der Waals surface area (Å²) in [7, 11) is 0. The van der Waals surface area contributed by atoms with Crippen molar-refractivity contribution >= 4 is 39.6 Å². The number of carbonyl (C=O) groups excluding carboxylic acids is 3. The molecule has 1 amide bonds. The first kappa shape index (κ1) is 41.6. The number of aliphatic hydroxyl groups is 2. The maximum atomic E-state index is 15.1. The smallest absolute Gasteiger partial charge is 0.346 e. The fourth-order valence-electron chi connectivity index (χ4n) is 11.3. The highest BCUT2D eigenvalue weighted by Gasteiger charge is 2.67. The largest absolute Gasteiger partial charge is 0.511 e. The summed E-state index contributed by atoms with van der Waals surface area (Å²) in [4.78, 5) is 57.6. The minimum Gasteiger partial charge on any atom is -0.511 e. The number of esters is 1. The van der Waals surface area contributed by atoms with Crippen LogP contribution in [0.4, 0.5) is 0 Å². The van der Waals surface area contributed by atoms with Crippen molar-refractivity contribution in [1.82, 2.24) is 10.3 Å². The van der Waals surface area contributed by atoms with E-state index in [4.69, 9.17) is 14.2 Å². The number of fused-ring (bicyclic) bond motifs is 4. The summed E-state index contributed by atoms with van der Waals surface area (Å²) in [5.41, 5.74) is -3.71. The molecule has 1 aromatic rings. The number of aromatic nitrogens is 1. The molecule has 3 heterocycles. The fraction of sp³-hybridized carbons (Fsp3) is 0.636. The standard InChI is InChI=1S/C44H57BrN2O10/c1-6-25-21-44-38(50)33(41(54)57-44)37(49)43(7-2)26(12-10-8-9-11-18-42(44,5)22-28(25)40(52)53)14-15-27-29(43)16-13-23(3)36(27)56-32-20-31(48)34(24(4)55-32)47-39(51)35-30(45)17-19-46-35/h11,14-15,17-19,22-27,29,31-32,34,36,46,48-49H,6-10,12-13,16,20-21H2,1-5H3,(H,47,51)(H,52,53)/b18-11+,37-33+/t23-,24+,25-,26+,27+,29-,31+,32-,34+,36-,42-,43+,44+/m0/s1. The quantitative estimate of drug-likeness (QED) is 0.106.